The second kappa shape index (κ2) is 3.23. The van der Waals surface area contributed by atoms with E-state index in [9.17, 15) is 5.11 Å². The van der Waals surface area contributed by atoms with E-state index >= 15 is 0 Å². The Kier molecular flexibility index (Phi) is 2.24. The molecule has 0 bridgehead atoms. The van der Waals surface area contributed by atoms with Crippen LogP contribution in [-0.4, -0.2) is 11.2 Å². The molecule has 1 heterocycles. The van der Waals surface area contributed by atoms with E-state index in [1.54, 1.807) is 0 Å². The van der Waals surface area contributed by atoms with Crippen LogP contribution in [0.4, 0.5) is 0 Å². The van der Waals surface area contributed by atoms with Crippen molar-refractivity contribution in [3.63, 3.8) is 0 Å². The molecule has 66 valence electrons. The van der Waals surface area contributed by atoms with Crippen molar-refractivity contribution < 1.29 is 9.52 Å². The van der Waals surface area contributed by atoms with Crippen molar-refractivity contribution in [3.8, 4) is 0 Å². The lowest BCUT2D eigenvalue weighted by atomic mass is 10.1. The molecule has 1 N–H and O–H groups in total. The highest BCUT2D eigenvalue weighted by Crippen LogP contribution is 2.34. The number of rotatable bonds is 3. The lowest BCUT2D eigenvalue weighted by Gasteiger charge is -2.05. The Hall–Kier alpha value is -0.280. The number of hydrogen-bond acceptors (Lipinski definition) is 2. The second-order valence-corrected chi connectivity index (χ2v) is 4.10. The summed E-state index contributed by atoms with van der Waals surface area (Å²) in [4.78, 5) is 0. The van der Waals surface area contributed by atoms with Crippen molar-refractivity contribution in [2.24, 2.45) is 5.92 Å². The van der Waals surface area contributed by atoms with Gasteiger partial charge in [0.2, 0.25) is 0 Å². The Bertz CT molecular complexity index is 265. The van der Waals surface area contributed by atoms with Crippen molar-refractivity contribution in [2.75, 3.05) is 0 Å². The van der Waals surface area contributed by atoms with Crippen molar-refractivity contribution >= 4 is 15.9 Å². The third kappa shape index (κ3) is 1.90. The Balaban J connectivity index is 1.93. The Morgan fingerprint density at radius 2 is 2.33 bits per heavy atom. The van der Waals surface area contributed by atoms with Gasteiger partial charge in [-0.3, -0.25) is 0 Å². The SMILES string of the molecule is OC(Cc1ccc(Br)o1)C1CC1. The van der Waals surface area contributed by atoms with Crippen LogP contribution in [0.1, 0.15) is 18.6 Å². The highest BCUT2D eigenvalue weighted by atomic mass is 79.9. The zero-order chi connectivity index (χ0) is 8.55. The molecule has 1 atom stereocenters. The molecule has 0 aliphatic heterocycles. The first-order valence-corrected chi connectivity index (χ1v) is 4.97. The molecule has 1 unspecified atom stereocenters. The van der Waals surface area contributed by atoms with E-state index in [1.807, 2.05) is 12.1 Å². The monoisotopic (exact) mass is 230 g/mol. The quantitative estimate of drug-likeness (QED) is 0.866. The zero-order valence-electron chi connectivity index (χ0n) is 6.66. The number of aliphatic hydroxyl groups excluding tert-OH is 1. The molecule has 1 aliphatic rings. The minimum absolute atomic E-state index is 0.206. The van der Waals surface area contributed by atoms with Crippen LogP contribution in [0.3, 0.4) is 0 Å². The molecule has 0 spiro atoms. The third-order valence-electron chi connectivity index (χ3n) is 2.21. The summed E-state index contributed by atoms with van der Waals surface area (Å²) >= 11 is 3.23. The Morgan fingerprint density at radius 3 is 2.83 bits per heavy atom. The molecule has 12 heavy (non-hydrogen) atoms. The lowest BCUT2D eigenvalue weighted by molar-refractivity contribution is 0.144. The molecule has 1 aromatic rings. The summed E-state index contributed by atoms with van der Waals surface area (Å²) in [6.07, 6.45) is 2.78. The van der Waals surface area contributed by atoms with E-state index < -0.39 is 0 Å². The summed E-state index contributed by atoms with van der Waals surface area (Å²) in [6, 6.07) is 3.75. The molecule has 1 saturated carbocycles. The molecular formula is C9H11BrO2. The van der Waals surface area contributed by atoms with Gasteiger partial charge in [0.15, 0.2) is 4.67 Å². The first-order chi connectivity index (χ1) is 5.75. The van der Waals surface area contributed by atoms with Crippen LogP contribution < -0.4 is 0 Å². The first-order valence-electron chi connectivity index (χ1n) is 4.18. The van der Waals surface area contributed by atoms with Gasteiger partial charge in [-0.05, 0) is 46.8 Å². The van der Waals surface area contributed by atoms with Gasteiger partial charge in [0, 0.05) is 6.42 Å². The molecular weight excluding hydrogens is 220 g/mol. The van der Waals surface area contributed by atoms with E-state index in [0.29, 0.717) is 12.3 Å². The second-order valence-electron chi connectivity index (χ2n) is 3.31. The average molecular weight is 231 g/mol. The highest BCUT2D eigenvalue weighted by Gasteiger charge is 2.30. The standard InChI is InChI=1S/C9H11BrO2/c10-9-4-3-7(12-9)5-8(11)6-1-2-6/h3-4,6,8,11H,1-2,5H2. The number of halogens is 1. The lowest BCUT2D eigenvalue weighted by Crippen LogP contribution is -2.11. The predicted molar refractivity (Wildman–Crippen MR) is 48.8 cm³/mol. The highest BCUT2D eigenvalue weighted by molar-refractivity contribution is 9.10. The van der Waals surface area contributed by atoms with Crippen molar-refractivity contribution in [2.45, 2.75) is 25.4 Å². The minimum atomic E-state index is -0.206. The van der Waals surface area contributed by atoms with Crippen LogP contribution in [0.5, 0.6) is 0 Å². The average Bonchev–Trinajstić information content (AvgIpc) is 2.78. The van der Waals surface area contributed by atoms with E-state index in [2.05, 4.69) is 15.9 Å². The van der Waals surface area contributed by atoms with Crippen molar-refractivity contribution in [1.82, 2.24) is 0 Å². The fourth-order valence-electron chi connectivity index (χ4n) is 1.32. The van der Waals surface area contributed by atoms with Gasteiger partial charge >= 0.3 is 0 Å². The summed E-state index contributed by atoms with van der Waals surface area (Å²) in [5, 5.41) is 9.58. The number of hydrogen-bond donors (Lipinski definition) is 1. The van der Waals surface area contributed by atoms with Gasteiger partial charge < -0.3 is 9.52 Å². The molecule has 1 fully saturated rings. The van der Waals surface area contributed by atoms with E-state index in [-0.39, 0.29) is 6.10 Å². The maximum Gasteiger partial charge on any atom is 0.169 e. The smallest absolute Gasteiger partial charge is 0.169 e. The molecule has 2 nitrogen and oxygen atoms in total. The topological polar surface area (TPSA) is 33.4 Å². The molecule has 0 aromatic carbocycles. The van der Waals surface area contributed by atoms with Crippen LogP contribution >= 0.6 is 15.9 Å². The normalized spacial score (nSPS) is 19.5. The first kappa shape index (κ1) is 8.32. The van der Waals surface area contributed by atoms with E-state index in [0.717, 1.165) is 10.4 Å². The molecule has 0 amide bonds. The van der Waals surface area contributed by atoms with Gasteiger partial charge in [-0.15, -0.1) is 0 Å². The summed E-state index contributed by atoms with van der Waals surface area (Å²) in [5.41, 5.74) is 0. The van der Waals surface area contributed by atoms with Crippen LogP contribution in [0.15, 0.2) is 21.2 Å². The number of furan rings is 1. The van der Waals surface area contributed by atoms with Crippen molar-refractivity contribution in [1.29, 1.82) is 0 Å². The summed E-state index contributed by atoms with van der Waals surface area (Å²) in [5.74, 6) is 1.38. The fraction of sp³-hybridized carbons (Fsp3) is 0.556. The van der Waals surface area contributed by atoms with Crippen LogP contribution in [-0.2, 0) is 6.42 Å². The molecule has 0 saturated heterocycles. The van der Waals surface area contributed by atoms with Crippen molar-refractivity contribution in [3.05, 3.63) is 22.6 Å². The summed E-state index contributed by atoms with van der Waals surface area (Å²) < 4.78 is 6.03. The van der Waals surface area contributed by atoms with Gasteiger partial charge in [-0.2, -0.15) is 0 Å². The Labute approximate surface area is 79.7 Å². The van der Waals surface area contributed by atoms with Gasteiger partial charge in [0.25, 0.3) is 0 Å². The largest absolute Gasteiger partial charge is 0.454 e. The van der Waals surface area contributed by atoms with Gasteiger partial charge in [0.1, 0.15) is 5.76 Å². The van der Waals surface area contributed by atoms with Gasteiger partial charge in [-0.25, -0.2) is 0 Å². The third-order valence-corrected chi connectivity index (χ3v) is 2.63. The minimum Gasteiger partial charge on any atom is -0.454 e. The predicted octanol–water partition coefficient (Wildman–Crippen LogP) is 2.36. The molecule has 0 radical (unpaired) electrons. The molecule has 1 aromatic heterocycles. The van der Waals surface area contributed by atoms with Crippen LogP contribution in [0.2, 0.25) is 0 Å². The molecule has 1 aliphatic carbocycles. The van der Waals surface area contributed by atoms with Crippen LogP contribution in [0.25, 0.3) is 0 Å². The maximum absolute atomic E-state index is 9.58. The summed E-state index contributed by atoms with van der Waals surface area (Å²) in [7, 11) is 0. The molecule has 3 heteroatoms. The number of aliphatic hydroxyl groups is 1. The molecule has 2 rings (SSSR count). The fourth-order valence-corrected chi connectivity index (χ4v) is 1.66. The Morgan fingerprint density at radius 1 is 1.58 bits per heavy atom. The zero-order valence-corrected chi connectivity index (χ0v) is 8.25. The van der Waals surface area contributed by atoms with Gasteiger partial charge in [0.05, 0.1) is 6.10 Å². The maximum atomic E-state index is 9.58. The van der Waals surface area contributed by atoms with E-state index in [1.165, 1.54) is 12.8 Å². The van der Waals surface area contributed by atoms with Crippen LogP contribution in [0, 0.1) is 5.92 Å². The summed E-state index contributed by atoms with van der Waals surface area (Å²) in [6.45, 7) is 0. The van der Waals surface area contributed by atoms with Gasteiger partial charge in [-0.1, -0.05) is 0 Å². The van der Waals surface area contributed by atoms with E-state index in [4.69, 9.17) is 4.42 Å².